The van der Waals surface area contributed by atoms with Crippen LogP contribution in [0.5, 0.6) is 0 Å². The number of amides is 3. The monoisotopic (exact) mass is 399 g/mol. The van der Waals surface area contributed by atoms with Crippen molar-refractivity contribution >= 4 is 39.2 Å². The lowest BCUT2D eigenvalue weighted by molar-refractivity contribution is -0.134. The van der Waals surface area contributed by atoms with Crippen LogP contribution >= 0.6 is 27.3 Å². The van der Waals surface area contributed by atoms with Gasteiger partial charge in [0.25, 0.3) is 5.91 Å². The van der Waals surface area contributed by atoms with Crippen LogP contribution in [-0.2, 0) is 11.3 Å². The van der Waals surface area contributed by atoms with Gasteiger partial charge in [-0.3, -0.25) is 9.69 Å². The first-order valence-corrected chi connectivity index (χ1v) is 9.62. The molecule has 2 aliphatic rings. The van der Waals surface area contributed by atoms with Crippen molar-refractivity contribution in [2.45, 2.75) is 44.7 Å². The summed E-state index contributed by atoms with van der Waals surface area (Å²) in [7, 11) is 1.93. The van der Waals surface area contributed by atoms with Gasteiger partial charge in [-0.25, -0.2) is 9.69 Å². The van der Waals surface area contributed by atoms with Crippen molar-refractivity contribution in [1.29, 1.82) is 0 Å². The zero-order chi connectivity index (χ0) is 16.6. The molecule has 0 radical (unpaired) electrons. The van der Waals surface area contributed by atoms with Crippen LogP contribution in [0.3, 0.4) is 0 Å². The van der Waals surface area contributed by atoms with E-state index in [1.807, 2.05) is 11.9 Å². The Bertz CT molecular complexity index is 610. The first-order valence-electron chi connectivity index (χ1n) is 7.95. The standard InChI is InChI=1S/C16H22BrN3O2S/c1-11-3-5-16(6-4-11)14(21)20(15(22)18-16)10-19(2)8-12-7-13(17)23-9-12/h7,9,11H,3-6,8,10H2,1-2H3,(H,18,22). The molecule has 0 bridgehead atoms. The lowest BCUT2D eigenvalue weighted by atomic mass is 9.77. The molecule has 1 aromatic rings. The minimum absolute atomic E-state index is 0.0484. The number of nitrogens with zero attached hydrogens (tertiary/aromatic N) is 2. The van der Waals surface area contributed by atoms with Crippen molar-refractivity contribution in [1.82, 2.24) is 15.1 Å². The van der Waals surface area contributed by atoms with E-state index in [4.69, 9.17) is 0 Å². The maximum atomic E-state index is 12.8. The normalized spacial score (nSPS) is 28.0. The predicted molar refractivity (Wildman–Crippen MR) is 94.1 cm³/mol. The Morgan fingerprint density at radius 1 is 1.43 bits per heavy atom. The first-order chi connectivity index (χ1) is 10.9. The number of imide groups is 1. The fourth-order valence-electron chi connectivity index (χ4n) is 3.43. The molecule has 1 saturated carbocycles. The molecular weight excluding hydrogens is 378 g/mol. The molecule has 2 fully saturated rings. The lowest BCUT2D eigenvalue weighted by Gasteiger charge is -2.33. The van der Waals surface area contributed by atoms with Crippen molar-refractivity contribution < 1.29 is 9.59 Å². The predicted octanol–water partition coefficient (Wildman–Crippen LogP) is 3.40. The van der Waals surface area contributed by atoms with Gasteiger partial charge in [0.15, 0.2) is 0 Å². The van der Waals surface area contributed by atoms with Crippen LogP contribution in [0.25, 0.3) is 0 Å². The van der Waals surface area contributed by atoms with Gasteiger partial charge in [-0.2, -0.15) is 0 Å². The number of urea groups is 1. The zero-order valence-electron chi connectivity index (χ0n) is 13.5. The highest BCUT2D eigenvalue weighted by Crippen LogP contribution is 2.36. The van der Waals surface area contributed by atoms with E-state index < -0.39 is 5.54 Å². The van der Waals surface area contributed by atoms with Crippen molar-refractivity contribution in [3.05, 3.63) is 20.8 Å². The third-order valence-corrected chi connectivity index (χ3v) is 6.38. The average molecular weight is 400 g/mol. The molecule has 3 amide bonds. The summed E-state index contributed by atoms with van der Waals surface area (Å²) in [6.07, 6.45) is 3.52. The molecule has 126 valence electrons. The summed E-state index contributed by atoms with van der Waals surface area (Å²) in [5.74, 6) is 0.590. The minimum atomic E-state index is -0.643. The second-order valence-electron chi connectivity index (χ2n) is 6.84. The molecule has 3 rings (SSSR count). The fourth-order valence-corrected chi connectivity index (χ4v) is 4.63. The fraction of sp³-hybridized carbons (Fsp3) is 0.625. The quantitative estimate of drug-likeness (QED) is 0.789. The highest BCUT2D eigenvalue weighted by molar-refractivity contribution is 9.11. The number of rotatable bonds is 4. The highest BCUT2D eigenvalue weighted by atomic mass is 79.9. The third-order valence-electron chi connectivity index (χ3n) is 4.83. The largest absolute Gasteiger partial charge is 0.326 e. The second kappa shape index (κ2) is 6.53. The van der Waals surface area contributed by atoms with Gasteiger partial charge in [-0.05, 0) is 71.6 Å². The molecule has 0 unspecified atom stereocenters. The number of hydrogen-bond acceptors (Lipinski definition) is 4. The third kappa shape index (κ3) is 3.46. The molecule has 1 aliphatic heterocycles. The molecule has 1 aliphatic carbocycles. The van der Waals surface area contributed by atoms with Crippen LogP contribution in [0.1, 0.15) is 38.2 Å². The summed E-state index contributed by atoms with van der Waals surface area (Å²) in [5, 5.41) is 5.05. The van der Waals surface area contributed by atoms with Gasteiger partial charge in [0.1, 0.15) is 5.54 Å². The molecule has 1 spiro atoms. The van der Waals surface area contributed by atoms with Gasteiger partial charge < -0.3 is 5.32 Å². The number of halogens is 1. The van der Waals surface area contributed by atoms with E-state index in [1.54, 1.807) is 11.3 Å². The van der Waals surface area contributed by atoms with E-state index >= 15 is 0 Å². The van der Waals surface area contributed by atoms with Crippen molar-refractivity contribution in [2.75, 3.05) is 13.7 Å². The molecule has 1 N–H and O–H groups in total. The Hall–Kier alpha value is -0.920. The summed E-state index contributed by atoms with van der Waals surface area (Å²) in [6.45, 7) is 3.25. The molecule has 0 atom stereocenters. The van der Waals surface area contributed by atoms with Crippen molar-refractivity contribution in [3.8, 4) is 0 Å². The van der Waals surface area contributed by atoms with Crippen molar-refractivity contribution in [2.24, 2.45) is 5.92 Å². The van der Waals surface area contributed by atoms with Crippen LogP contribution in [0.4, 0.5) is 4.79 Å². The maximum Gasteiger partial charge on any atom is 0.326 e. The number of nitrogens with one attached hydrogen (secondary N) is 1. The Labute approximate surface area is 149 Å². The molecule has 5 nitrogen and oxygen atoms in total. The zero-order valence-corrected chi connectivity index (χ0v) is 15.9. The molecule has 23 heavy (non-hydrogen) atoms. The summed E-state index contributed by atoms with van der Waals surface area (Å²) in [6, 6.07) is 1.82. The Balaban J connectivity index is 1.63. The smallest absolute Gasteiger partial charge is 0.323 e. The maximum absolute atomic E-state index is 12.8. The van der Waals surface area contributed by atoms with Gasteiger partial charge in [0, 0.05) is 6.54 Å². The molecule has 7 heteroatoms. The Morgan fingerprint density at radius 3 is 2.74 bits per heavy atom. The van der Waals surface area contributed by atoms with E-state index in [0.717, 1.165) is 29.5 Å². The lowest BCUT2D eigenvalue weighted by Crippen LogP contribution is -2.49. The number of carbonyl (C=O) groups is 2. The van der Waals surface area contributed by atoms with Gasteiger partial charge in [-0.15, -0.1) is 11.3 Å². The summed E-state index contributed by atoms with van der Waals surface area (Å²) in [5.41, 5.74) is 0.535. The van der Waals surface area contributed by atoms with Crippen LogP contribution in [0, 0.1) is 5.92 Å². The van der Waals surface area contributed by atoms with Crippen LogP contribution in [0.2, 0.25) is 0 Å². The molecule has 1 saturated heterocycles. The first kappa shape index (κ1) is 16.9. The van der Waals surface area contributed by atoms with Crippen LogP contribution in [0.15, 0.2) is 15.2 Å². The van der Waals surface area contributed by atoms with Gasteiger partial charge >= 0.3 is 6.03 Å². The summed E-state index contributed by atoms with van der Waals surface area (Å²) >= 11 is 5.09. The molecule has 0 aromatic carbocycles. The van der Waals surface area contributed by atoms with E-state index in [-0.39, 0.29) is 11.9 Å². The molecular formula is C16H22BrN3O2S. The SMILES string of the molecule is CC1CCC2(CC1)NC(=O)N(CN(C)Cc1csc(Br)c1)C2=O. The van der Waals surface area contributed by atoms with Gasteiger partial charge in [-0.1, -0.05) is 6.92 Å². The number of carbonyl (C=O) groups excluding carboxylic acids is 2. The Morgan fingerprint density at radius 2 is 2.13 bits per heavy atom. The molecule has 1 aromatic heterocycles. The summed E-state index contributed by atoms with van der Waals surface area (Å²) in [4.78, 5) is 28.5. The van der Waals surface area contributed by atoms with Crippen LogP contribution < -0.4 is 5.32 Å². The Kier molecular flexibility index (Phi) is 4.80. The van der Waals surface area contributed by atoms with E-state index in [2.05, 4.69) is 39.6 Å². The van der Waals surface area contributed by atoms with Crippen LogP contribution in [-0.4, -0.2) is 41.0 Å². The van der Waals surface area contributed by atoms with Crippen molar-refractivity contribution in [3.63, 3.8) is 0 Å². The number of thiophene rings is 1. The summed E-state index contributed by atoms with van der Waals surface area (Å²) < 4.78 is 1.09. The topological polar surface area (TPSA) is 52.7 Å². The van der Waals surface area contributed by atoms with E-state index in [0.29, 0.717) is 19.1 Å². The van der Waals surface area contributed by atoms with Gasteiger partial charge in [0.2, 0.25) is 0 Å². The highest BCUT2D eigenvalue weighted by Gasteiger charge is 2.52. The van der Waals surface area contributed by atoms with E-state index in [1.165, 1.54) is 10.5 Å². The second-order valence-corrected chi connectivity index (χ2v) is 9.13. The van der Waals surface area contributed by atoms with Gasteiger partial charge in [0.05, 0.1) is 10.5 Å². The minimum Gasteiger partial charge on any atom is -0.323 e. The number of hydrogen-bond donors (Lipinski definition) is 1. The van der Waals surface area contributed by atoms with E-state index in [9.17, 15) is 9.59 Å². The molecule has 2 heterocycles. The average Bonchev–Trinajstić information content (AvgIpc) is 3.00.